The van der Waals surface area contributed by atoms with Crippen LogP contribution < -0.4 is 5.46 Å². The van der Waals surface area contributed by atoms with Gasteiger partial charge < -0.3 is 0 Å². The molecule has 0 saturated carbocycles. The van der Waals surface area contributed by atoms with Crippen molar-refractivity contribution in [2.45, 2.75) is 25.3 Å². The average molecular weight is 303 g/mol. The summed E-state index contributed by atoms with van der Waals surface area (Å²) in [6, 6.07) is 1.48. The highest BCUT2D eigenvalue weighted by Crippen LogP contribution is 2.43. The predicted molar refractivity (Wildman–Crippen MR) is 68.2 cm³/mol. The maximum absolute atomic E-state index is 13.8. The van der Waals surface area contributed by atoms with Gasteiger partial charge in [0, 0.05) is 11.9 Å². The van der Waals surface area contributed by atoms with Crippen molar-refractivity contribution in [3.05, 3.63) is 52.9 Å². The van der Waals surface area contributed by atoms with Gasteiger partial charge in [0.2, 0.25) is 0 Å². The number of allylic oxidation sites excluding steroid dienone is 4. The molecular formula is C14H10BF6. The molecule has 2 rings (SSSR count). The highest BCUT2D eigenvalue weighted by Gasteiger charge is 2.41. The molecule has 0 spiro atoms. The minimum Gasteiger partial charge on any atom is -0.232 e. The quantitative estimate of drug-likeness (QED) is 0.569. The first-order valence-corrected chi connectivity index (χ1v) is 6.07. The van der Waals surface area contributed by atoms with Crippen LogP contribution in [0.15, 0.2) is 35.7 Å². The molecule has 7 heteroatoms. The molecule has 0 bridgehead atoms. The van der Waals surface area contributed by atoms with Crippen LogP contribution >= 0.6 is 0 Å². The average Bonchev–Trinajstić information content (AvgIpc) is 2.37. The van der Waals surface area contributed by atoms with Gasteiger partial charge in [-0.05, 0) is 31.6 Å². The Morgan fingerprint density at radius 2 is 1.71 bits per heavy atom. The van der Waals surface area contributed by atoms with E-state index >= 15 is 0 Å². The zero-order chi connectivity index (χ0) is 15.9. The van der Waals surface area contributed by atoms with Crippen LogP contribution in [0.4, 0.5) is 26.3 Å². The Bertz CT molecular complexity index is 647. The summed E-state index contributed by atoms with van der Waals surface area (Å²) in [6.07, 6.45) is 0.303. The van der Waals surface area contributed by atoms with Crippen LogP contribution in [0.3, 0.4) is 0 Å². The van der Waals surface area contributed by atoms with Crippen LogP contribution in [0, 0.1) is 18.6 Å². The van der Waals surface area contributed by atoms with E-state index in [0.717, 1.165) is 13.3 Å². The van der Waals surface area contributed by atoms with E-state index in [9.17, 15) is 26.3 Å². The first kappa shape index (κ1) is 15.7. The summed E-state index contributed by atoms with van der Waals surface area (Å²) in [7, 11) is 0.817. The molecule has 1 aromatic rings. The van der Waals surface area contributed by atoms with Crippen molar-refractivity contribution < 1.29 is 26.3 Å². The largest absolute Gasteiger partial charge is 0.232 e. The zero-order valence-electron chi connectivity index (χ0n) is 11.2. The van der Waals surface area contributed by atoms with E-state index < -0.39 is 40.6 Å². The molecule has 1 aliphatic carbocycles. The van der Waals surface area contributed by atoms with Crippen LogP contribution in [-0.4, -0.2) is 12.9 Å². The molecule has 0 saturated heterocycles. The summed E-state index contributed by atoms with van der Waals surface area (Å²) < 4.78 is 81.1. The summed E-state index contributed by atoms with van der Waals surface area (Å²) in [4.78, 5) is 0. The summed E-state index contributed by atoms with van der Waals surface area (Å²) in [5, 5.41) is 0. The van der Waals surface area contributed by atoms with Crippen molar-refractivity contribution >= 4 is 12.7 Å². The lowest BCUT2D eigenvalue weighted by atomic mass is 9.55. The summed E-state index contributed by atoms with van der Waals surface area (Å²) in [6.45, 7) is 1.95. The monoisotopic (exact) mass is 303 g/mol. The van der Waals surface area contributed by atoms with Gasteiger partial charge in [0.05, 0.1) is 0 Å². The van der Waals surface area contributed by atoms with E-state index in [1.807, 2.05) is 0 Å². The van der Waals surface area contributed by atoms with Crippen LogP contribution in [0.1, 0.15) is 12.5 Å². The molecule has 0 aliphatic heterocycles. The molecule has 21 heavy (non-hydrogen) atoms. The second-order valence-electron chi connectivity index (χ2n) is 5.01. The number of alkyl halides is 1. The van der Waals surface area contributed by atoms with Crippen molar-refractivity contribution in [3.63, 3.8) is 0 Å². The van der Waals surface area contributed by atoms with E-state index in [1.54, 1.807) is 0 Å². The Balaban J connectivity index is 2.41. The maximum Gasteiger partial charge on any atom is 0.182 e. The van der Waals surface area contributed by atoms with Gasteiger partial charge in [-0.3, -0.25) is 0 Å². The standard InChI is InChI=1S/C14H10BF6/c1-6-8(3-7(16)4-9(6)17)15-11-10(18)5-14(2,21)13(20)12(11)19/h3-5,11H,1-2H3. The highest BCUT2D eigenvalue weighted by atomic mass is 19.2. The van der Waals surface area contributed by atoms with Gasteiger partial charge in [0.15, 0.2) is 18.8 Å². The number of hydrogen-bond donors (Lipinski definition) is 0. The molecular weight excluding hydrogens is 293 g/mol. The Morgan fingerprint density at radius 3 is 2.33 bits per heavy atom. The van der Waals surface area contributed by atoms with Crippen LogP contribution in [0.2, 0.25) is 5.82 Å². The molecule has 2 unspecified atom stereocenters. The van der Waals surface area contributed by atoms with Crippen molar-refractivity contribution in [1.29, 1.82) is 0 Å². The topological polar surface area (TPSA) is 0 Å². The third kappa shape index (κ3) is 2.87. The lowest BCUT2D eigenvalue weighted by Crippen LogP contribution is -2.30. The van der Waals surface area contributed by atoms with E-state index in [4.69, 9.17) is 0 Å². The maximum atomic E-state index is 13.8. The van der Waals surface area contributed by atoms with Gasteiger partial charge in [-0.15, -0.1) is 0 Å². The van der Waals surface area contributed by atoms with Crippen molar-refractivity contribution in [1.82, 2.24) is 0 Å². The summed E-state index contributed by atoms with van der Waals surface area (Å²) >= 11 is 0. The molecule has 1 aliphatic rings. The summed E-state index contributed by atoms with van der Waals surface area (Å²) in [5.74, 6) is -8.34. The fraction of sp³-hybridized carbons (Fsp3) is 0.286. The molecule has 0 aromatic heterocycles. The molecule has 0 N–H and O–H groups in total. The van der Waals surface area contributed by atoms with Crippen molar-refractivity contribution in [3.8, 4) is 0 Å². The third-order valence-corrected chi connectivity index (χ3v) is 3.31. The second-order valence-corrected chi connectivity index (χ2v) is 5.01. The lowest BCUT2D eigenvalue weighted by Gasteiger charge is -2.25. The fourth-order valence-corrected chi connectivity index (χ4v) is 2.07. The number of halogens is 6. The third-order valence-electron chi connectivity index (χ3n) is 3.31. The van der Waals surface area contributed by atoms with Crippen LogP contribution in [0.25, 0.3) is 0 Å². The normalized spacial score (nSPS) is 25.9. The zero-order valence-corrected chi connectivity index (χ0v) is 11.2. The first-order chi connectivity index (χ1) is 9.63. The second kappa shape index (κ2) is 5.28. The molecule has 0 amide bonds. The van der Waals surface area contributed by atoms with Gasteiger partial charge in [-0.2, -0.15) is 0 Å². The van der Waals surface area contributed by atoms with Gasteiger partial charge in [0.1, 0.15) is 23.3 Å². The Morgan fingerprint density at radius 1 is 1.10 bits per heavy atom. The lowest BCUT2D eigenvalue weighted by molar-refractivity contribution is 0.233. The van der Waals surface area contributed by atoms with Crippen molar-refractivity contribution in [2.24, 2.45) is 0 Å². The number of hydrogen-bond acceptors (Lipinski definition) is 0. The minimum absolute atomic E-state index is 0.0500. The van der Waals surface area contributed by atoms with E-state index in [-0.39, 0.29) is 11.0 Å². The molecule has 1 aromatic carbocycles. The fourth-order valence-electron chi connectivity index (χ4n) is 2.07. The van der Waals surface area contributed by atoms with Crippen LogP contribution in [-0.2, 0) is 0 Å². The Kier molecular flexibility index (Phi) is 3.95. The summed E-state index contributed by atoms with van der Waals surface area (Å²) in [5.41, 5.74) is -3.06. The Hall–Kier alpha value is -1.66. The van der Waals surface area contributed by atoms with Crippen molar-refractivity contribution in [2.75, 3.05) is 0 Å². The highest BCUT2D eigenvalue weighted by molar-refractivity contribution is 6.57. The Labute approximate surface area is 118 Å². The number of benzene rings is 1. The van der Waals surface area contributed by atoms with Crippen LogP contribution in [0.5, 0.6) is 0 Å². The molecule has 0 heterocycles. The van der Waals surface area contributed by atoms with E-state index in [1.165, 1.54) is 6.92 Å². The van der Waals surface area contributed by atoms with E-state index in [2.05, 4.69) is 0 Å². The molecule has 111 valence electrons. The smallest absolute Gasteiger partial charge is 0.182 e. The molecule has 2 atom stereocenters. The van der Waals surface area contributed by atoms with Gasteiger partial charge in [-0.1, -0.05) is 5.46 Å². The number of rotatable bonds is 2. The predicted octanol–water partition coefficient (Wildman–Crippen LogP) is 4.14. The molecule has 0 nitrogen and oxygen atoms in total. The van der Waals surface area contributed by atoms with Gasteiger partial charge >= 0.3 is 0 Å². The first-order valence-electron chi connectivity index (χ1n) is 6.07. The van der Waals surface area contributed by atoms with E-state index in [0.29, 0.717) is 19.1 Å². The SMILES string of the molecule is Cc1c(F)cc(F)cc1[B]C1C(F)=CC(C)(F)C(F)=C1F. The minimum atomic E-state index is -2.87. The molecule has 0 fully saturated rings. The van der Waals surface area contributed by atoms with Gasteiger partial charge in [0.25, 0.3) is 0 Å². The molecule has 1 radical (unpaired) electrons. The van der Waals surface area contributed by atoms with Gasteiger partial charge in [-0.25, -0.2) is 26.3 Å².